The van der Waals surface area contributed by atoms with E-state index >= 15 is 0 Å². The van der Waals surface area contributed by atoms with E-state index in [2.05, 4.69) is 5.32 Å². The standard InChI is InChI=1S/C33H27N3O3/c1-21-13-17-24(18-14-21)29(37)31-27-28(23-9-5-3-6-10-23)35-36(26-11-7-4-8-12-26)32(27)34-33(39-31)30(38)25-19-15-22(2)16-20-25/h3-20,31,33-34H,1-2H3/t31-,33+/m1/s1. The topological polar surface area (TPSA) is 73.2 Å². The summed E-state index contributed by atoms with van der Waals surface area (Å²) in [7, 11) is 0. The number of hydrogen-bond donors (Lipinski definition) is 1. The van der Waals surface area contributed by atoms with Crippen molar-refractivity contribution >= 4 is 17.4 Å². The van der Waals surface area contributed by atoms with Crippen molar-refractivity contribution in [1.82, 2.24) is 9.78 Å². The lowest BCUT2D eigenvalue weighted by Gasteiger charge is -2.31. The van der Waals surface area contributed by atoms with Crippen LogP contribution < -0.4 is 5.32 Å². The third kappa shape index (κ3) is 4.67. The van der Waals surface area contributed by atoms with Gasteiger partial charge in [0, 0.05) is 16.7 Å². The normalized spacial score (nSPS) is 16.3. The molecule has 192 valence electrons. The minimum absolute atomic E-state index is 0.232. The summed E-state index contributed by atoms with van der Waals surface area (Å²) in [4.78, 5) is 27.7. The van der Waals surface area contributed by atoms with E-state index in [0.717, 1.165) is 22.4 Å². The number of aryl methyl sites for hydroxylation is 2. The average Bonchev–Trinajstić information content (AvgIpc) is 3.37. The average molecular weight is 514 g/mol. The molecule has 2 atom stereocenters. The van der Waals surface area contributed by atoms with Crippen molar-refractivity contribution in [3.05, 3.63) is 137 Å². The first-order valence-corrected chi connectivity index (χ1v) is 12.9. The van der Waals surface area contributed by atoms with Crippen LogP contribution in [0, 0.1) is 13.8 Å². The maximum Gasteiger partial charge on any atom is 0.212 e. The van der Waals surface area contributed by atoms with Crippen molar-refractivity contribution < 1.29 is 14.3 Å². The Labute approximate surface area is 226 Å². The number of hydrogen-bond acceptors (Lipinski definition) is 5. The van der Waals surface area contributed by atoms with Gasteiger partial charge in [0.05, 0.1) is 11.3 Å². The van der Waals surface area contributed by atoms with Crippen molar-refractivity contribution in [3.8, 4) is 16.9 Å². The zero-order chi connectivity index (χ0) is 26.9. The fraction of sp³-hybridized carbons (Fsp3) is 0.121. The number of carbonyl (C=O) groups is 2. The molecule has 2 heterocycles. The van der Waals surface area contributed by atoms with Gasteiger partial charge in [-0.05, 0) is 26.0 Å². The molecule has 1 aromatic heterocycles. The predicted molar refractivity (Wildman–Crippen MR) is 151 cm³/mol. The second-order valence-electron chi connectivity index (χ2n) is 9.73. The van der Waals surface area contributed by atoms with Gasteiger partial charge < -0.3 is 10.1 Å². The molecule has 4 aromatic carbocycles. The summed E-state index contributed by atoms with van der Waals surface area (Å²) in [6, 6.07) is 34.1. The van der Waals surface area contributed by atoms with Crippen LogP contribution in [0.5, 0.6) is 0 Å². The van der Waals surface area contributed by atoms with Gasteiger partial charge in [0.2, 0.25) is 5.78 Å². The molecule has 0 bridgehead atoms. The summed E-state index contributed by atoms with van der Waals surface area (Å²) in [5.74, 6) is 0.0657. The molecule has 5 aromatic rings. The molecule has 0 fully saturated rings. The van der Waals surface area contributed by atoms with E-state index in [-0.39, 0.29) is 11.6 Å². The molecule has 0 radical (unpaired) electrons. The van der Waals surface area contributed by atoms with Gasteiger partial charge in [-0.3, -0.25) is 9.59 Å². The minimum atomic E-state index is -1.08. The quantitative estimate of drug-likeness (QED) is 0.255. The number of fused-ring (bicyclic) bond motifs is 1. The number of Topliss-reactive ketones (excluding diaryl/α,β-unsaturated/α-hetero) is 2. The van der Waals surface area contributed by atoms with Gasteiger partial charge in [0.1, 0.15) is 11.5 Å². The van der Waals surface area contributed by atoms with Gasteiger partial charge in [0.25, 0.3) is 0 Å². The second-order valence-corrected chi connectivity index (χ2v) is 9.73. The number of benzene rings is 4. The number of nitrogens with zero attached hydrogens (tertiary/aromatic N) is 2. The summed E-state index contributed by atoms with van der Waals surface area (Å²) < 4.78 is 8.11. The van der Waals surface area contributed by atoms with E-state index < -0.39 is 12.3 Å². The molecule has 1 aliphatic rings. The van der Waals surface area contributed by atoms with Crippen LogP contribution in [-0.4, -0.2) is 27.6 Å². The summed E-state index contributed by atoms with van der Waals surface area (Å²) in [5.41, 5.74) is 5.97. The number of aromatic nitrogens is 2. The Morgan fingerprint density at radius 1 is 0.718 bits per heavy atom. The van der Waals surface area contributed by atoms with Gasteiger partial charge in [0.15, 0.2) is 18.1 Å². The molecule has 0 aliphatic carbocycles. The molecule has 6 heteroatoms. The Kier molecular flexibility index (Phi) is 6.39. The fourth-order valence-electron chi connectivity index (χ4n) is 4.80. The number of para-hydroxylation sites is 1. The van der Waals surface area contributed by atoms with Crippen LogP contribution in [0.3, 0.4) is 0 Å². The van der Waals surface area contributed by atoms with Crippen molar-refractivity contribution in [1.29, 1.82) is 0 Å². The van der Waals surface area contributed by atoms with Crippen LogP contribution >= 0.6 is 0 Å². The number of anilines is 1. The second kappa shape index (κ2) is 10.2. The molecule has 0 spiro atoms. The smallest absolute Gasteiger partial charge is 0.212 e. The maximum absolute atomic E-state index is 14.1. The van der Waals surface area contributed by atoms with Crippen LogP contribution in [0.2, 0.25) is 0 Å². The third-order valence-corrected chi connectivity index (χ3v) is 6.92. The lowest BCUT2D eigenvalue weighted by atomic mass is 9.94. The van der Waals surface area contributed by atoms with Crippen LogP contribution in [0.1, 0.15) is 43.5 Å². The Hall–Kier alpha value is -4.81. The summed E-state index contributed by atoms with van der Waals surface area (Å²) in [6.07, 6.45) is -2.13. The molecule has 39 heavy (non-hydrogen) atoms. The largest absolute Gasteiger partial charge is 0.338 e. The van der Waals surface area contributed by atoms with E-state index in [9.17, 15) is 9.59 Å². The molecule has 0 saturated heterocycles. The lowest BCUT2D eigenvalue weighted by molar-refractivity contribution is 0.00673. The van der Waals surface area contributed by atoms with Gasteiger partial charge in [-0.15, -0.1) is 0 Å². The van der Waals surface area contributed by atoms with Gasteiger partial charge in [-0.1, -0.05) is 108 Å². The number of nitrogens with one attached hydrogen (secondary N) is 1. The molecule has 0 saturated carbocycles. The van der Waals surface area contributed by atoms with Gasteiger partial charge >= 0.3 is 0 Å². The number of rotatable bonds is 6. The first-order chi connectivity index (χ1) is 19.0. The Bertz CT molecular complexity index is 1640. The molecular weight excluding hydrogens is 486 g/mol. The van der Waals surface area contributed by atoms with Gasteiger partial charge in [-0.25, -0.2) is 4.68 Å². The van der Waals surface area contributed by atoms with E-state index in [1.807, 2.05) is 98.8 Å². The number of ketones is 2. The Morgan fingerprint density at radius 3 is 1.85 bits per heavy atom. The Morgan fingerprint density at radius 2 is 1.26 bits per heavy atom. The minimum Gasteiger partial charge on any atom is -0.338 e. The van der Waals surface area contributed by atoms with Crippen molar-refractivity contribution in [2.45, 2.75) is 26.2 Å². The molecule has 0 unspecified atom stereocenters. The first kappa shape index (κ1) is 24.5. The Balaban J connectivity index is 1.54. The first-order valence-electron chi connectivity index (χ1n) is 12.9. The molecule has 1 N–H and O–H groups in total. The molecule has 1 aliphatic heterocycles. The van der Waals surface area contributed by atoms with E-state index in [1.54, 1.807) is 28.9 Å². The highest BCUT2D eigenvalue weighted by atomic mass is 16.5. The number of carbonyl (C=O) groups excluding carboxylic acids is 2. The van der Waals surface area contributed by atoms with Crippen molar-refractivity contribution in [3.63, 3.8) is 0 Å². The van der Waals surface area contributed by atoms with E-state index in [1.165, 1.54) is 0 Å². The third-order valence-electron chi connectivity index (χ3n) is 6.92. The van der Waals surface area contributed by atoms with Crippen LogP contribution in [0.4, 0.5) is 5.82 Å². The summed E-state index contributed by atoms with van der Waals surface area (Å²) in [6.45, 7) is 3.94. The van der Waals surface area contributed by atoms with Crippen LogP contribution in [-0.2, 0) is 4.74 Å². The predicted octanol–water partition coefficient (Wildman–Crippen LogP) is 6.73. The zero-order valence-corrected chi connectivity index (χ0v) is 21.7. The fourth-order valence-corrected chi connectivity index (χ4v) is 4.80. The summed E-state index contributed by atoms with van der Waals surface area (Å²) >= 11 is 0. The highest BCUT2D eigenvalue weighted by molar-refractivity contribution is 6.05. The zero-order valence-electron chi connectivity index (χ0n) is 21.7. The van der Waals surface area contributed by atoms with Crippen molar-refractivity contribution in [2.24, 2.45) is 0 Å². The number of ether oxygens (including phenoxy) is 1. The van der Waals surface area contributed by atoms with E-state index in [0.29, 0.717) is 28.2 Å². The molecule has 0 amide bonds. The molecule has 6 nitrogen and oxygen atoms in total. The monoisotopic (exact) mass is 513 g/mol. The maximum atomic E-state index is 14.1. The highest BCUT2D eigenvalue weighted by Gasteiger charge is 2.41. The lowest BCUT2D eigenvalue weighted by Crippen LogP contribution is -2.40. The van der Waals surface area contributed by atoms with Gasteiger partial charge in [-0.2, -0.15) is 5.10 Å². The van der Waals surface area contributed by atoms with E-state index in [4.69, 9.17) is 9.84 Å². The summed E-state index contributed by atoms with van der Waals surface area (Å²) in [5, 5.41) is 8.25. The molecular formula is C33H27N3O3. The SMILES string of the molecule is Cc1ccc(C(=O)[C@H]2Nc3c(c(-c4ccccc4)nn3-c3ccccc3)[C@H](C(=O)c3ccc(C)cc3)O2)cc1. The van der Waals surface area contributed by atoms with Crippen LogP contribution in [0.25, 0.3) is 16.9 Å². The highest BCUT2D eigenvalue weighted by Crippen LogP contribution is 2.42. The van der Waals surface area contributed by atoms with Crippen molar-refractivity contribution in [2.75, 3.05) is 5.32 Å². The van der Waals surface area contributed by atoms with Crippen LogP contribution in [0.15, 0.2) is 109 Å². The molecule has 6 rings (SSSR count).